The quantitative estimate of drug-likeness (QED) is 0.375. The molecule has 1 atom stereocenters. The van der Waals surface area contributed by atoms with Crippen molar-refractivity contribution in [1.82, 2.24) is 14.7 Å². The molecule has 2 amide bonds. The van der Waals surface area contributed by atoms with Gasteiger partial charge in [0.25, 0.3) is 11.8 Å². The minimum absolute atomic E-state index is 0.00330. The molecule has 0 aromatic heterocycles. The molecule has 174 valence electrons. The van der Waals surface area contributed by atoms with Crippen LogP contribution in [0.4, 0.5) is 0 Å². The summed E-state index contributed by atoms with van der Waals surface area (Å²) in [6.07, 6.45) is 0.323. The molecule has 0 radical (unpaired) electrons. The molecule has 1 fully saturated rings. The maximum atomic E-state index is 13.4. The third-order valence-electron chi connectivity index (χ3n) is 5.19. The maximum absolute atomic E-state index is 13.4. The number of hydroxylamine groups is 1. The SMILES string of the molecule is CC#CCOc1ccc(S(=O)(=O)N2CCCN(C(=O)c3ccccc3)CC2C(=O)NO)cc1. The zero-order chi connectivity index (χ0) is 23.8. The number of carbonyl (C=O) groups excluding carboxylic acids is 2. The first-order chi connectivity index (χ1) is 15.9. The first kappa shape index (κ1) is 24.3. The summed E-state index contributed by atoms with van der Waals surface area (Å²) in [4.78, 5) is 26.8. The van der Waals surface area contributed by atoms with Crippen molar-refractivity contribution in [2.45, 2.75) is 24.3 Å². The van der Waals surface area contributed by atoms with E-state index in [0.717, 1.165) is 4.31 Å². The molecule has 10 heteroatoms. The number of nitrogens with zero attached hydrogens (tertiary/aromatic N) is 2. The lowest BCUT2D eigenvalue weighted by Crippen LogP contribution is -2.53. The van der Waals surface area contributed by atoms with Crippen LogP contribution in [-0.4, -0.2) is 66.9 Å². The van der Waals surface area contributed by atoms with E-state index in [0.29, 0.717) is 17.7 Å². The topological polar surface area (TPSA) is 116 Å². The van der Waals surface area contributed by atoms with E-state index in [9.17, 15) is 23.2 Å². The van der Waals surface area contributed by atoms with Gasteiger partial charge in [-0.2, -0.15) is 4.31 Å². The number of hydrogen-bond donors (Lipinski definition) is 2. The van der Waals surface area contributed by atoms with Gasteiger partial charge in [0.15, 0.2) is 0 Å². The Hall–Kier alpha value is -3.39. The monoisotopic (exact) mass is 471 g/mol. The fourth-order valence-electron chi connectivity index (χ4n) is 3.52. The lowest BCUT2D eigenvalue weighted by Gasteiger charge is -2.29. The molecular formula is C23H25N3O6S. The number of nitrogens with one attached hydrogen (secondary N) is 1. The van der Waals surface area contributed by atoms with E-state index in [2.05, 4.69) is 11.8 Å². The van der Waals surface area contributed by atoms with Crippen LogP contribution in [0, 0.1) is 11.8 Å². The van der Waals surface area contributed by atoms with Crippen LogP contribution in [0.15, 0.2) is 59.5 Å². The van der Waals surface area contributed by atoms with E-state index < -0.39 is 22.0 Å². The Kier molecular flexibility index (Phi) is 8.06. The predicted octanol–water partition coefficient (Wildman–Crippen LogP) is 1.50. The zero-order valence-corrected chi connectivity index (χ0v) is 18.9. The third kappa shape index (κ3) is 5.70. The minimum atomic E-state index is -4.11. The van der Waals surface area contributed by atoms with E-state index in [1.54, 1.807) is 37.3 Å². The van der Waals surface area contributed by atoms with Crippen molar-refractivity contribution in [2.75, 3.05) is 26.2 Å². The molecule has 0 saturated carbocycles. The summed E-state index contributed by atoms with van der Waals surface area (Å²) >= 11 is 0. The predicted molar refractivity (Wildman–Crippen MR) is 120 cm³/mol. The maximum Gasteiger partial charge on any atom is 0.263 e. The van der Waals surface area contributed by atoms with Gasteiger partial charge in [-0.1, -0.05) is 24.1 Å². The molecule has 0 bridgehead atoms. The number of carbonyl (C=O) groups is 2. The smallest absolute Gasteiger partial charge is 0.263 e. The molecule has 1 aliphatic rings. The molecule has 3 rings (SSSR count). The molecular weight excluding hydrogens is 446 g/mol. The third-order valence-corrected chi connectivity index (χ3v) is 7.11. The van der Waals surface area contributed by atoms with Crippen molar-refractivity contribution >= 4 is 21.8 Å². The summed E-state index contributed by atoms with van der Waals surface area (Å²) in [6.45, 7) is 1.94. The summed E-state index contributed by atoms with van der Waals surface area (Å²) in [6, 6.07) is 13.0. The van der Waals surface area contributed by atoms with E-state index in [1.165, 1.54) is 34.6 Å². The van der Waals surface area contributed by atoms with Gasteiger partial charge < -0.3 is 9.64 Å². The molecule has 0 spiro atoms. The average Bonchev–Trinajstić information content (AvgIpc) is 3.08. The fraction of sp³-hybridized carbons (Fsp3) is 0.304. The first-order valence-electron chi connectivity index (χ1n) is 10.3. The Labute approximate surface area is 193 Å². The second-order valence-corrected chi connectivity index (χ2v) is 9.16. The van der Waals surface area contributed by atoms with Gasteiger partial charge in [-0.25, -0.2) is 13.9 Å². The van der Waals surface area contributed by atoms with E-state index in [4.69, 9.17) is 4.74 Å². The molecule has 1 heterocycles. The van der Waals surface area contributed by atoms with Crippen LogP contribution in [0.25, 0.3) is 0 Å². The number of ether oxygens (including phenoxy) is 1. The molecule has 1 aliphatic heterocycles. The molecule has 9 nitrogen and oxygen atoms in total. The summed E-state index contributed by atoms with van der Waals surface area (Å²) in [5, 5.41) is 9.26. The Balaban J connectivity index is 1.86. The molecule has 33 heavy (non-hydrogen) atoms. The van der Waals surface area contributed by atoms with Crippen LogP contribution in [0.5, 0.6) is 5.75 Å². The summed E-state index contributed by atoms with van der Waals surface area (Å²) in [5.74, 6) is 4.68. The number of benzene rings is 2. The van der Waals surface area contributed by atoms with Crippen LogP contribution in [0.3, 0.4) is 0 Å². The van der Waals surface area contributed by atoms with Gasteiger partial charge in [-0.05, 0) is 49.7 Å². The van der Waals surface area contributed by atoms with Crippen molar-refractivity contribution < 1.29 is 28.0 Å². The van der Waals surface area contributed by atoms with Gasteiger partial charge in [0.05, 0.1) is 4.90 Å². The standard InChI is InChI=1S/C23H25N3O6S/c1-2-3-16-32-19-10-12-20(13-11-19)33(30,31)26-15-7-14-25(17-21(26)22(27)24-29)23(28)18-8-5-4-6-9-18/h4-6,8-13,21,29H,7,14-17H2,1H3,(H,24,27). The number of sulfonamides is 1. The Morgan fingerprint density at radius 2 is 1.82 bits per heavy atom. The Morgan fingerprint density at radius 1 is 1.12 bits per heavy atom. The van der Waals surface area contributed by atoms with Gasteiger partial charge in [0.2, 0.25) is 10.0 Å². The highest BCUT2D eigenvalue weighted by Crippen LogP contribution is 2.24. The highest BCUT2D eigenvalue weighted by atomic mass is 32.2. The van der Waals surface area contributed by atoms with Crippen molar-refractivity contribution in [2.24, 2.45) is 0 Å². The normalized spacial score (nSPS) is 16.8. The molecule has 0 aliphatic carbocycles. The van der Waals surface area contributed by atoms with Crippen LogP contribution >= 0.6 is 0 Å². The Morgan fingerprint density at radius 3 is 2.45 bits per heavy atom. The van der Waals surface area contributed by atoms with Gasteiger partial charge in [-0.15, -0.1) is 5.92 Å². The van der Waals surface area contributed by atoms with E-state index in [-0.39, 0.29) is 37.0 Å². The van der Waals surface area contributed by atoms with Crippen molar-refractivity contribution in [3.05, 3.63) is 60.2 Å². The number of amides is 2. The first-order valence-corrected chi connectivity index (χ1v) is 11.7. The van der Waals surface area contributed by atoms with Crippen LogP contribution in [0.1, 0.15) is 23.7 Å². The average molecular weight is 472 g/mol. The van der Waals surface area contributed by atoms with Gasteiger partial charge in [0.1, 0.15) is 18.4 Å². The highest BCUT2D eigenvalue weighted by molar-refractivity contribution is 7.89. The summed E-state index contributed by atoms with van der Waals surface area (Å²) in [7, 11) is -4.11. The second-order valence-electron chi connectivity index (χ2n) is 7.27. The van der Waals surface area contributed by atoms with E-state index >= 15 is 0 Å². The van der Waals surface area contributed by atoms with Gasteiger partial charge in [-0.3, -0.25) is 14.8 Å². The van der Waals surface area contributed by atoms with Crippen LogP contribution < -0.4 is 10.2 Å². The largest absolute Gasteiger partial charge is 0.481 e. The lowest BCUT2D eigenvalue weighted by molar-refractivity contribution is -0.133. The van der Waals surface area contributed by atoms with Crippen molar-refractivity contribution in [3.8, 4) is 17.6 Å². The Bertz CT molecular complexity index is 1140. The van der Waals surface area contributed by atoms with E-state index in [1.807, 2.05) is 0 Å². The summed E-state index contributed by atoms with van der Waals surface area (Å²) in [5.41, 5.74) is 1.97. The highest BCUT2D eigenvalue weighted by Gasteiger charge is 2.39. The van der Waals surface area contributed by atoms with Crippen molar-refractivity contribution in [3.63, 3.8) is 0 Å². The zero-order valence-electron chi connectivity index (χ0n) is 18.1. The molecule has 2 aromatic rings. The van der Waals surface area contributed by atoms with Crippen LogP contribution in [-0.2, 0) is 14.8 Å². The summed E-state index contributed by atoms with van der Waals surface area (Å²) < 4.78 is 33.2. The van der Waals surface area contributed by atoms with Crippen LogP contribution in [0.2, 0.25) is 0 Å². The number of hydrogen-bond acceptors (Lipinski definition) is 6. The fourth-order valence-corrected chi connectivity index (χ4v) is 5.14. The molecule has 1 saturated heterocycles. The number of rotatable bonds is 6. The van der Waals surface area contributed by atoms with Crippen molar-refractivity contribution in [1.29, 1.82) is 0 Å². The molecule has 2 N–H and O–H groups in total. The van der Waals surface area contributed by atoms with Gasteiger partial charge >= 0.3 is 0 Å². The lowest BCUT2D eigenvalue weighted by atomic mass is 10.2. The minimum Gasteiger partial charge on any atom is -0.481 e. The van der Waals surface area contributed by atoms with Gasteiger partial charge in [0, 0.05) is 25.2 Å². The second kappa shape index (κ2) is 11.0. The molecule has 2 aromatic carbocycles. The molecule has 1 unspecified atom stereocenters.